The van der Waals surface area contributed by atoms with Crippen LogP contribution >= 0.6 is 0 Å². The summed E-state index contributed by atoms with van der Waals surface area (Å²) < 4.78 is 0. The van der Waals surface area contributed by atoms with Gasteiger partial charge in [-0.3, -0.25) is 5.10 Å². The number of nitrogens with zero attached hydrogens (tertiary/aromatic N) is 2. The minimum absolute atomic E-state index is 0.598. The largest absolute Gasteiger partial charge is 0.345 e. The van der Waals surface area contributed by atoms with Gasteiger partial charge in [-0.2, -0.15) is 5.10 Å². The molecule has 1 heterocycles. The topological polar surface area (TPSA) is 31.9 Å². The van der Waals surface area contributed by atoms with E-state index in [1.54, 1.807) is 11.8 Å². The maximum absolute atomic E-state index is 4.70. The summed E-state index contributed by atoms with van der Waals surface area (Å²) in [5.74, 6) is 8.56. The van der Waals surface area contributed by atoms with Crippen LogP contribution in [0.4, 0.5) is 5.69 Å². The minimum atomic E-state index is 0.598. The fourth-order valence-corrected chi connectivity index (χ4v) is 6.57. The summed E-state index contributed by atoms with van der Waals surface area (Å²) in [4.78, 5) is 2.56. The van der Waals surface area contributed by atoms with Gasteiger partial charge < -0.3 is 4.90 Å². The second-order valence-corrected chi connectivity index (χ2v) is 11.5. The van der Waals surface area contributed by atoms with Crippen molar-refractivity contribution in [3.05, 3.63) is 95.0 Å². The predicted molar refractivity (Wildman–Crippen MR) is 159 cm³/mol. The van der Waals surface area contributed by atoms with Crippen LogP contribution in [0.15, 0.2) is 67.1 Å². The Morgan fingerprint density at radius 3 is 2.47 bits per heavy atom. The van der Waals surface area contributed by atoms with E-state index in [1.165, 1.54) is 80.3 Å². The highest BCUT2D eigenvalue weighted by Gasteiger charge is 2.28. The van der Waals surface area contributed by atoms with Crippen molar-refractivity contribution >= 4 is 5.69 Å². The molecule has 0 amide bonds. The number of rotatable bonds is 7. The number of nitrogens with one attached hydrogen (secondary N) is 1. The first-order valence-corrected chi connectivity index (χ1v) is 14.8. The van der Waals surface area contributed by atoms with Crippen LogP contribution in [0.5, 0.6) is 0 Å². The third kappa shape index (κ3) is 6.41. The number of anilines is 1. The lowest BCUT2D eigenvalue weighted by Crippen LogP contribution is -2.33. The number of aryl methyl sites for hydroxylation is 2. The molecule has 198 valence electrons. The Morgan fingerprint density at radius 1 is 0.974 bits per heavy atom. The van der Waals surface area contributed by atoms with Gasteiger partial charge in [0.15, 0.2) is 0 Å². The van der Waals surface area contributed by atoms with Crippen molar-refractivity contribution in [2.75, 3.05) is 11.4 Å². The van der Waals surface area contributed by atoms with Gasteiger partial charge in [0.05, 0.1) is 11.8 Å². The zero-order valence-electron chi connectivity index (χ0n) is 23.3. The summed E-state index contributed by atoms with van der Waals surface area (Å²) in [6, 6.07) is 16.0. The number of hydrogen-bond donors (Lipinski definition) is 1. The molecule has 2 aliphatic rings. The van der Waals surface area contributed by atoms with Gasteiger partial charge >= 0.3 is 0 Å². The molecule has 0 aliphatic heterocycles. The van der Waals surface area contributed by atoms with Crippen LogP contribution < -0.4 is 4.90 Å². The first-order valence-electron chi connectivity index (χ1n) is 14.8. The van der Waals surface area contributed by atoms with Gasteiger partial charge in [-0.1, -0.05) is 68.9 Å². The molecule has 3 heteroatoms. The van der Waals surface area contributed by atoms with Crippen molar-refractivity contribution in [2.24, 2.45) is 11.8 Å². The molecule has 0 saturated heterocycles. The van der Waals surface area contributed by atoms with Crippen LogP contribution in [-0.4, -0.2) is 16.7 Å². The van der Waals surface area contributed by atoms with Crippen molar-refractivity contribution in [1.82, 2.24) is 10.2 Å². The molecule has 3 aromatic rings. The van der Waals surface area contributed by atoms with Crippen molar-refractivity contribution in [3.63, 3.8) is 0 Å². The molecule has 2 aromatic carbocycles. The molecule has 2 aliphatic carbocycles. The molecular weight excluding hydrogens is 462 g/mol. The van der Waals surface area contributed by atoms with E-state index in [4.69, 9.17) is 6.58 Å². The van der Waals surface area contributed by atoms with E-state index in [2.05, 4.69) is 83.3 Å². The van der Waals surface area contributed by atoms with Gasteiger partial charge in [0.25, 0.3) is 0 Å². The molecule has 0 spiro atoms. The molecule has 2 saturated carbocycles. The molecule has 1 N–H and O–H groups in total. The average Bonchev–Trinajstić information content (AvgIpc) is 3.49. The number of aromatic nitrogens is 2. The third-order valence-corrected chi connectivity index (χ3v) is 8.94. The zero-order valence-corrected chi connectivity index (χ0v) is 23.3. The van der Waals surface area contributed by atoms with E-state index in [9.17, 15) is 0 Å². The van der Waals surface area contributed by atoms with Crippen molar-refractivity contribution in [1.29, 1.82) is 0 Å². The molecule has 0 unspecified atom stereocenters. The van der Waals surface area contributed by atoms with Crippen LogP contribution in [-0.2, 0) is 6.42 Å². The lowest BCUT2D eigenvalue weighted by Gasteiger charge is -2.38. The fraction of sp³-hybridized carbons (Fsp3) is 0.457. The Labute approximate surface area is 229 Å². The fourth-order valence-electron chi connectivity index (χ4n) is 6.57. The molecule has 2 fully saturated rings. The summed E-state index contributed by atoms with van der Waals surface area (Å²) >= 11 is 0. The average molecular weight is 506 g/mol. The van der Waals surface area contributed by atoms with Crippen LogP contribution in [0.3, 0.4) is 0 Å². The van der Waals surface area contributed by atoms with E-state index < -0.39 is 0 Å². The van der Waals surface area contributed by atoms with E-state index in [0.29, 0.717) is 17.8 Å². The zero-order chi connectivity index (χ0) is 26.3. The van der Waals surface area contributed by atoms with E-state index in [0.717, 1.165) is 24.1 Å². The Bertz CT molecular complexity index is 1260. The Morgan fingerprint density at radius 2 is 1.76 bits per heavy atom. The molecule has 5 rings (SSSR count). The smallest absolute Gasteiger partial charge is 0.0644 e. The van der Waals surface area contributed by atoms with Gasteiger partial charge in [-0.15, -0.1) is 0 Å². The molecule has 0 radical (unpaired) electrons. The summed E-state index contributed by atoms with van der Waals surface area (Å²) in [7, 11) is 0. The highest BCUT2D eigenvalue weighted by molar-refractivity contribution is 5.57. The first-order chi connectivity index (χ1) is 18.6. The predicted octanol–water partition coefficient (Wildman–Crippen LogP) is 8.55. The highest BCUT2D eigenvalue weighted by Crippen LogP contribution is 2.39. The summed E-state index contributed by atoms with van der Waals surface area (Å²) in [5.41, 5.74) is 9.00. The maximum atomic E-state index is 4.70. The van der Waals surface area contributed by atoms with E-state index >= 15 is 0 Å². The molecule has 1 aromatic heterocycles. The van der Waals surface area contributed by atoms with Crippen molar-refractivity contribution in [3.8, 4) is 11.8 Å². The standard InChI is InChI=1S/C35H43N3/c1-4-31-19-20-34(21-26(31)2)33-17-15-29(16-18-33)25-38(27(3)32-10-6-5-7-11-32)35-12-8-9-28(22-35)13-14-30-23-36-37-24-30/h8-9,12,19-24,29,32-33H,3-7,10-11,15-18,25H2,1-2H3,(H,36,37). The molecule has 38 heavy (non-hydrogen) atoms. The van der Waals surface area contributed by atoms with Crippen LogP contribution in [0.1, 0.15) is 98.4 Å². The summed E-state index contributed by atoms with van der Waals surface area (Å²) in [6.45, 7) is 10.3. The maximum Gasteiger partial charge on any atom is 0.0644 e. The monoisotopic (exact) mass is 505 g/mol. The number of benzene rings is 2. The van der Waals surface area contributed by atoms with E-state index in [-0.39, 0.29) is 0 Å². The first kappa shape index (κ1) is 26.4. The molecule has 0 bridgehead atoms. The van der Waals surface area contributed by atoms with Crippen LogP contribution in [0.25, 0.3) is 0 Å². The SMILES string of the molecule is C=C(C1CCCCC1)N(CC1CCC(c2ccc(CC)c(C)c2)CC1)c1cccc(C#Cc2cn[nH]c2)c1. The van der Waals surface area contributed by atoms with Gasteiger partial charge in [-0.05, 0) is 105 Å². The van der Waals surface area contributed by atoms with Crippen LogP contribution in [0, 0.1) is 30.6 Å². The third-order valence-electron chi connectivity index (χ3n) is 8.94. The number of aromatic amines is 1. The summed E-state index contributed by atoms with van der Waals surface area (Å²) in [6.07, 6.45) is 16.4. The van der Waals surface area contributed by atoms with Gasteiger partial charge in [0, 0.05) is 29.7 Å². The van der Waals surface area contributed by atoms with Gasteiger partial charge in [0.2, 0.25) is 0 Å². The van der Waals surface area contributed by atoms with E-state index in [1.807, 2.05) is 6.20 Å². The number of hydrogen-bond acceptors (Lipinski definition) is 2. The van der Waals surface area contributed by atoms with Gasteiger partial charge in [-0.25, -0.2) is 0 Å². The Balaban J connectivity index is 1.31. The quantitative estimate of drug-likeness (QED) is 0.326. The Kier molecular flexibility index (Phi) is 8.69. The molecule has 0 atom stereocenters. The number of allylic oxidation sites excluding steroid dienone is 1. The second-order valence-electron chi connectivity index (χ2n) is 11.5. The molecule has 3 nitrogen and oxygen atoms in total. The van der Waals surface area contributed by atoms with Crippen molar-refractivity contribution in [2.45, 2.75) is 84.0 Å². The summed E-state index contributed by atoms with van der Waals surface area (Å²) in [5, 5.41) is 6.85. The Hall–Kier alpha value is -3.25. The lowest BCUT2D eigenvalue weighted by molar-refractivity contribution is 0.323. The number of H-pyrrole nitrogens is 1. The highest BCUT2D eigenvalue weighted by atomic mass is 15.1. The minimum Gasteiger partial charge on any atom is -0.345 e. The lowest BCUT2D eigenvalue weighted by atomic mass is 9.77. The second kappa shape index (κ2) is 12.5. The molecular formula is C35H43N3. The van der Waals surface area contributed by atoms with Gasteiger partial charge in [0.1, 0.15) is 0 Å². The van der Waals surface area contributed by atoms with Crippen molar-refractivity contribution < 1.29 is 0 Å². The van der Waals surface area contributed by atoms with Crippen LogP contribution in [0.2, 0.25) is 0 Å². The normalized spacial score (nSPS) is 19.9.